The van der Waals surface area contributed by atoms with Crippen LogP contribution < -0.4 is 19.6 Å². The number of esters is 1. The van der Waals surface area contributed by atoms with E-state index in [1.54, 1.807) is 18.6 Å². The fourth-order valence-electron chi connectivity index (χ4n) is 5.71. The zero-order chi connectivity index (χ0) is 31.0. The van der Waals surface area contributed by atoms with Gasteiger partial charge in [-0.2, -0.15) is 0 Å². The maximum absolute atomic E-state index is 14.3. The van der Waals surface area contributed by atoms with Gasteiger partial charge in [0.2, 0.25) is 0 Å². The lowest BCUT2D eigenvalue weighted by Crippen LogP contribution is -2.40. The molecule has 3 aromatic carbocycles. The molecule has 0 fully saturated rings. The Kier molecular flexibility index (Phi) is 7.93. The van der Waals surface area contributed by atoms with E-state index in [0.29, 0.717) is 26.4 Å². The molecular formula is C36H33N3O4S. The number of thiazole rings is 1. The predicted octanol–water partition coefficient (Wildman–Crippen LogP) is 5.66. The van der Waals surface area contributed by atoms with Crippen molar-refractivity contribution in [2.75, 3.05) is 13.7 Å². The van der Waals surface area contributed by atoms with E-state index in [1.807, 2.05) is 60.7 Å². The minimum atomic E-state index is -0.742. The second-order valence-corrected chi connectivity index (χ2v) is 11.7. The van der Waals surface area contributed by atoms with Gasteiger partial charge in [-0.25, -0.2) is 9.79 Å². The third-order valence-electron chi connectivity index (χ3n) is 7.85. The average molecular weight is 604 g/mol. The number of hydrogen-bond acceptors (Lipinski definition) is 6. The van der Waals surface area contributed by atoms with Crippen molar-refractivity contribution in [1.29, 1.82) is 0 Å². The monoisotopic (exact) mass is 603 g/mol. The summed E-state index contributed by atoms with van der Waals surface area (Å²) >= 11 is 1.32. The number of carbonyl (C=O) groups excluding carboxylic acids is 1. The highest BCUT2D eigenvalue weighted by molar-refractivity contribution is 7.07. The standard InChI is InChI=1S/C36H33N3O4S/c1-6-43-35(41)31-32(25-10-8-7-9-11-25)37-36-39(33(31)26-14-18-29(42-5)19-15-26)34(40)30(44-36)21-27-20-23(3)38(24(27)4)28-16-12-22(2)13-17-28/h7-21,33H,6H2,1-5H3/b30-21-/t33-/m0/s1. The lowest BCUT2D eigenvalue weighted by Gasteiger charge is -2.26. The number of rotatable bonds is 7. The van der Waals surface area contributed by atoms with E-state index in [4.69, 9.17) is 14.5 Å². The molecule has 222 valence electrons. The third-order valence-corrected chi connectivity index (χ3v) is 8.84. The normalized spacial score (nSPS) is 14.8. The quantitative estimate of drug-likeness (QED) is 0.225. The zero-order valence-corrected chi connectivity index (χ0v) is 26.1. The molecule has 0 spiro atoms. The molecule has 0 saturated carbocycles. The Morgan fingerprint density at radius 2 is 1.68 bits per heavy atom. The number of methoxy groups -OCH3 is 1. The lowest BCUT2D eigenvalue weighted by molar-refractivity contribution is -0.138. The highest BCUT2D eigenvalue weighted by Crippen LogP contribution is 2.35. The largest absolute Gasteiger partial charge is 0.497 e. The number of carbonyl (C=O) groups is 1. The summed E-state index contributed by atoms with van der Waals surface area (Å²) < 4.78 is 15.3. The molecule has 0 saturated heterocycles. The molecule has 0 radical (unpaired) electrons. The summed E-state index contributed by atoms with van der Waals surface area (Å²) in [5.74, 6) is 0.168. The number of benzene rings is 3. The van der Waals surface area contributed by atoms with Crippen LogP contribution in [0.25, 0.3) is 17.5 Å². The number of fused-ring (bicyclic) bond motifs is 1. The van der Waals surface area contributed by atoms with Crippen LogP contribution in [0.1, 0.15) is 46.6 Å². The number of aromatic nitrogens is 2. The molecule has 0 aliphatic carbocycles. The van der Waals surface area contributed by atoms with E-state index in [-0.39, 0.29) is 12.2 Å². The van der Waals surface area contributed by atoms with Gasteiger partial charge in [-0.05, 0) is 75.2 Å². The van der Waals surface area contributed by atoms with Crippen molar-refractivity contribution in [2.45, 2.75) is 33.7 Å². The maximum Gasteiger partial charge on any atom is 0.338 e. The van der Waals surface area contributed by atoms with E-state index in [9.17, 15) is 9.59 Å². The van der Waals surface area contributed by atoms with Crippen molar-refractivity contribution in [3.63, 3.8) is 0 Å². The number of ether oxygens (including phenoxy) is 2. The summed E-state index contributed by atoms with van der Waals surface area (Å²) in [6.07, 6.45) is 1.93. The predicted molar refractivity (Wildman–Crippen MR) is 174 cm³/mol. The zero-order valence-electron chi connectivity index (χ0n) is 25.3. The molecule has 1 aliphatic heterocycles. The van der Waals surface area contributed by atoms with E-state index < -0.39 is 12.0 Å². The second-order valence-electron chi connectivity index (χ2n) is 10.7. The minimum absolute atomic E-state index is 0.195. The summed E-state index contributed by atoms with van der Waals surface area (Å²) in [5.41, 5.74) is 7.42. The molecule has 0 bridgehead atoms. The molecule has 7 nitrogen and oxygen atoms in total. The van der Waals surface area contributed by atoms with Crippen LogP contribution >= 0.6 is 11.3 Å². The SMILES string of the molecule is CCOC(=O)C1=C(c2ccccc2)N=c2s/c(=C\c3cc(C)n(-c4ccc(C)cc4)c3C)c(=O)n2[C@H]1c1ccc(OC)cc1. The van der Waals surface area contributed by atoms with Crippen molar-refractivity contribution < 1.29 is 14.3 Å². The number of nitrogens with zero attached hydrogens (tertiary/aromatic N) is 3. The fraction of sp³-hybridized carbons (Fsp3) is 0.194. The molecule has 0 N–H and O–H groups in total. The molecule has 1 atom stereocenters. The topological polar surface area (TPSA) is 74.8 Å². The Morgan fingerprint density at radius 3 is 2.34 bits per heavy atom. The van der Waals surface area contributed by atoms with Crippen LogP contribution in [0.15, 0.2) is 100 Å². The molecule has 0 unspecified atom stereocenters. The van der Waals surface area contributed by atoms with Gasteiger partial charge >= 0.3 is 5.97 Å². The molecule has 8 heteroatoms. The number of hydrogen-bond donors (Lipinski definition) is 0. The molecule has 2 aromatic heterocycles. The molecular weight excluding hydrogens is 570 g/mol. The van der Waals surface area contributed by atoms with Crippen molar-refractivity contribution in [1.82, 2.24) is 9.13 Å². The van der Waals surface area contributed by atoms with Crippen LogP contribution in [-0.2, 0) is 9.53 Å². The fourth-order valence-corrected chi connectivity index (χ4v) is 6.70. The van der Waals surface area contributed by atoms with Crippen LogP contribution in [0.2, 0.25) is 0 Å². The Morgan fingerprint density at radius 1 is 0.977 bits per heavy atom. The molecule has 3 heterocycles. The first-order chi connectivity index (χ1) is 21.3. The van der Waals surface area contributed by atoms with E-state index in [2.05, 4.69) is 55.7 Å². The second kappa shape index (κ2) is 12.0. The van der Waals surface area contributed by atoms with Crippen LogP contribution in [-0.4, -0.2) is 28.8 Å². The van der Waals surface area contributed by atoms with Gasteiger partial charge in [-0.3, -0.25) is 9.36 Å². The van der Waals surface area contributed by atoms with Crippen LogP contribution in [0.4, 0.5) is 0 Å². The smallest absolute Gasteiger partial charge is 0.338 e. The van der Waals surface area contributed by atoms with Crippen molar-refractivity contribution in [2.24, 2.45) is 4.99 Å². The summed E-state index contributed by atoms with van der Waals surface area (Å²) in [6, 6.07) is 26.7. The van der Waals surface area contributed by atoms with Gasteiger partial charge in [-0.15, -0.1) is 0 Å². The molecule has 0 amide bonds. The Bertz CT molecular complexity index is 2070. The number of aryl methyl sites for hydroxylation is 2. The van der Waals surface area contributed by atoms with Gasteiger partial charge in [0.25, 0.3) is 5.56 Å². The van der Waals surface area contributed by atoms with Gasteiger partial charge in [-0.1, -0.05) is 71.5 Å². The first-order valence-corrected chi connectivity index (χ1v) is 15.3. The van der Waals surface area contributed by atoms with E-state index in [0.717, 1.165) is 33.8 Å². The van der Waals surface area contributed by atoms with Crippen molar-refractivity contribution in [3.8, 4) is 11.4 Å². The summed E-state index contributed by atoms with van der Waals surface area (Å²) in [7, 11) is 1.60. The molecule has 6 rings (SSSR count). The van der Waals surface area contributed by atoms with Gasteiger partial charge in [0.1, 0.15) is 5.75 Å². The van der Waals surface area contributed by atoms with Gasteiger partial charge in [0.15, 0.2) is 4.80 Å². The van der Waals surface area contributed by atoms with Gasteiger partial charge in [0, 0.05) is 22.6 Å². The van der Waals surface area contributed by atoms with Crippen molar-refractivity contribution in [3.05, 3.63) is 144 Å². The van der Waals surface area contributed by atoms with E-state index in [1.165, 1.54) is 16.9 Å². The molecule has 5 aromatic rings. The average Bonchev–Trinajstić information content (AvgIpc) is 3.50. The first kappa shape index (κ1) is 29.1. The summed E-state index contributed by atoms with van der Waals surface area (Å²) in [4.78, 5) is 33.4. The van der Waals surface area contributed by atoms with Gasteiger partial charge in [0.05, 0.1) is 35.6 Å². The Hall–Kier alpha value is -4.95. The third kappa shape index (κ3) is 5.22. The molecule has 1 aliphatic rings. The van der Waals surface area contributed by atoms with Gasteiger partial charge < -0.3 is 14.0 Å². The highest BCUT2D eigenvalue weighted by Gasteiger charge is 2.35. The molecule has 44 heavy (non-hydrogen) atoms. The summed E-state index contributed by atoms with van der Waals surface area (Å²) in [6.45, 7) is 8.15. The van der Waals surface area contributed by atoms with Crippen LogP contribution in [0.5, 0.6) is 5.75 Å². The van der Waals surface area contributed by atoms with Crippen LogP contribution in [0.3, 0.4) is 0 Å². The van der Waals surface area contributed by atoms with Crippen molar-refractivity contribution >= 4 is 29.1 Å². The summed E-state index contributed by atoms with van der Waals surface area (Å²) in [5, 5.41) is 0. The maximum atomic E-state index is 14.3. The Balaban J connectivity index is 1.59. The minimum Gasteiger partial charge on any atom is -0.497 e. The Labute approximate surface area is 259 Å². The first-order valence-electron chi connectivity index (χ1n) is 14.5. The lowest BCUT2D eigenvalue weighted by atomic mass is 9.93. The highest BCUT2D eigenvalue weighted by atomic mass is 32.1. The van der Waals surface area contributed by atoms with E-state index >= 15 is 0 Å². The van der Waals surface area contributed by atoms with Crippen LogP contribution in [0, 0.1) is 20.8 Å².